The molecule has 0 saturated carbocycles. The van der Waals surface area contributed by atoms with E-state index in [1.54, 1.807) is 12.5 Å². The number of unbranched alkanes of at least 4 members (excludes halogenated alkanes) is 2. The van der Waals surface area contributed by atoms with Gasteiger partial charge in [-0.3, -0.25) is 0 Å². The molecule has 0 atom stereocenters. The molecule has 0 unspecified atom stereocenters. The Bertz CT molecular complexity index is 319. The Morgan fingerprint density at radius 3 is 2.50 bits per heavy atom. The highest BCUT2D eigenvalue weighted by molar-refractivity contribution is 6.58. The molecule has 0 aliphatic rings. The van der Waals surface area contributed by atoms with Crippen molar-refractivity contribution in [1.29, 1.82) is 0 Å². The smallest absolute Gasteiger partial charge is 0.281 e. The molecule has 1 aromatic rings. The van der Waals surface area contributed by atoms with E-state index in [2.05, 4.69) is 29.1 Å². The van der Waals surface area contributed by atoms with Crippen LogP contribution in [-0.2, 0) is 0 Å². The van der Waals surface area contributed by atoms with Crippen molar-refractivity contribution in [3.63, 3.8) is 0 Å². The molecule has 0 amide bonds. The molecule has 0 saturated heterocycles. The van der Waals surface area contributed by atoms with Crippen molar-refractivity contribution in [3.8, 4) is 0 Å². The van der Waals surface area contributed by atoms with E-state index in [0.717, 1.165) is 5.82 Å². The average molecular weight is 245 g/mol. The summed E-state index contributed by atoms with van der Waals surface area (Å²) in [5.41, 5.74) is 0. The second-order valence-corrected chi connectivity index (χ2v) is 4.58. The predicted molar refractivity (Wildman–Crippen MR) is 81.5 cm³/mol. The molecule has 0 spiro atoms. The standard InChI is InChI=1S/C14H24BN3/c1-3-5-10-15(11-6-4-2)18-13-17-14-9-7-8-12-16-14/h7-9,12-13H,3-6,10-11H2,1-2H3,(H,16,17,18). The van der Waals surface area contributed by atoms with Gasteiger partial charge in [0.2, 0.25) is 0 Å². The van der Waals surface area contributed by atoms with Crippen molar-refractivity contribution < 1.29 is 0 Å². The van der Waals surface area contributed by atoms with Crippen LogP contribution in [0.15, 0.2) is 29.3 Å². The van der Waals surface area contributed by atoms with Gasteiger partial charge in [-0.15, -0.1) is 0 Å². The third-order valence-electron chi connectivity index (χ3n) is 2.94. The van der Waals surface area contributed by atoms with Crippen molar-refractivity contribution in [2.45, 2.75) is 52.2 Å². The van der Waals surface area contributed by atoms with E-state index in [1.807, 2.05) is 18.2 Å². The third kappa shape index (κ3) is 6.43. The Hall–Kier alpha value is -1.32. The molecule has 0 radical (unpaired) electrons. The molecule has 0 fully saturated rings. The normalized spacial score (nSPS) is 10.8. The number of nitrogens with zero attached hydrogens (tertiary/aromatic N) is 2. The first-order chi connectivity index (χ1) is 8.86. The van der Waals surface area contributed by atoms with E-state index in [9.17, 15) is 0 Å². The molecule has 0 aliphatic carbocycles. The van der Waals surface area contributed by atoms with Crippen LogP contribution in [0.1, 0.15) is 39.5 Å². The zero-order chi connectivity index (χ0) is 13.1. The average Bonchev–Trinajstić information content (AvgIpc) is 2.42. The van der Waals surface area contributed by atoms with Crippen LogP contribution in [-0.4, -0.2) is 18.2 Å². The summed E-state index contributed by atoms with van der Waals surface area (Å²) >= 11 is 0. The molecule has 0 aromatic carbocycles. The fourth-order valence-electron chi connectivity index (χ4n) is 1.83. The van der Waals surface area contributed by atoms with E-state index >= 15 is 0 Å². The van der Waals surface area contributed by atoms with E-state index in [-0.39, 0.29) is 0 Å². The zero-order valence-corrected chi connectivity index (χ0v) is 11.6. The van der Waals surface area contributed by atoms with Gasteiger partial charge in [0.1, 0.15) is 5.82 Å². The summed E-state index contributed by atoms with van der Waals surface area (Å²) in [7, 11) is 0. The van der Waals surface area contributed by atoms with Gasteiger partial charge in [0, 0.05) is 6.20 Å². The Kier molecular flexibility index (Phi) is 7.94. The second kappa shape index (κ2) is 9.69. The number of anilines is 1. The summed E-state index contributed by atoms with van der Waals surface area (Å²) < 4.78 is 0. The molecule has 1 heterocycles. The Balaban J connectivity index is 2.38. The minimum atomic E-state index is 0.459. The number of rotatable bonds is 9. The van der Waals surface area contributed by atoms with Gasteiger partial charge in [0.05, 0.1) is 6.34 Å². The number of aromatic nitrogens is 1. The van der Waals surface area contributed by atoms with E-state index in [0.29, 0.717) is 6.85 Å². The molecule has 1 rings (SSSR count). The van der Waals surface area contributed by atoms with Crippen LogP contribution in [0.5, 0.6) is 0 Å². The van der Waals surface area contributed by atoms with Crippen LogP contribution in [0.25, 0.3) is 0 Å². The van der Waals surface area contributed by atoms with Crippen molar-refractivity contribution >= 4 is 19.0 Å². The summed E-state index contributed by atoms with van der Waals surface area (Å²) in [6.45, 7) is 4.92. The SMILES string of the molecule is CCCCB(CCCC)N=CNc1ccccn1. The predicted octanol–water partition coefficient (Wildman–Crippen LogP) is 4.11. The minimum absolute atomic E-state index is 0.459. The first-order valence-corrected chi connectivity index (χ1v) is 7.06. The van der Waals surface area contributed by atoms with Gasteiger partial charge in [-0.1, -0.05) is 58.2 Å². The summed E-state index contributed by atoms with van der Waals surface area (Å²) in [4.78, 5) is 8.82. The first kappa shape index (κ1) is 14.7. The monoisotopic (exact) mass is 245 g/mol. The highest BCUT2D eigenvalue weighted by Gasteiger charge is 2.10. The molecule has 98 valence electrons. The van der Waals surface area contributed by atoms with Crippen LogP contribution < -0.4 is 5.32 Å². The van der Waals surface area contributed by atoms with Crippen LogP contribution >= 0.6 is 0 Å². The largest absolute Gasteiger partial charge is 0.334 e. The Labute approximate surface area is 111 Å². The lowest BCUT2D eigenvalue weighted by molar-refractivity contribution is 0.839. The lowest BCUT2D eigenvalue weighted by atomic mass is 9.55. The summed E-state index contributed by atoms with van der Waals surface area (Å²) in [5, 5.41) is 3.13. The maximum absolute atomic E-state index is 4.62. The summed E-state index contributed by atoms with van der Waals surface area (Å²) in [5.74, 6) is 0.853. The van der Waals surface area contributed by atoms with E-state index < -0.39 is 0 Å². The van der Waals surface area contributed by atoms with Crippen LogP contribution in [0.4, 0.5) is 5.82 Å². The Morgan fingerprint density at radius 2 is 1.94 bits per heavy atom. The van der Waals surface area contributed by atoms with Gasteiger partial charge in [0.25, 0.3) is 6.85 Å². The molecule has 0 aliphatic heterocycles. The number of hydrogen-bond acceptors (Lipinski definition) is 2. The van der Waals surface area contributed by atoms with Gasteiger partial charge in [-0.2, -0.15) is 0 Å². The quantitative estimate of drug-likeness (QED) is 0.403. The molecule has 1 aromatic heterocycles. The maximum Gasteiger partial charge on any atom is 0.281 e. The van der Waals surface area contributed by atoms with Gasteiger partial charge < -0.3 is 10.2 Å². The molecule has 3 nitrogen and oxygen atoms in total. The van der Waals surface area contributed by atoms with Crippen LogP contribution in [0.3, 0.4) is 0 Å². The van der Waals surface area contributed by atoms with Crippen molar-refractivity contribution in [2.24, 2.45) is 4.90 Å². The third-order valence-corrected chi connectivity index (χ3v) is 2.94. The molecular formula is C14H24BN3. The highest BCUT2D eigenvalue weighted by atomic mass is 15.0. The van der Waals surface area contributed by atoms with Crippen molar-refractivity contribution in [2.75, 3.05) is 5.32 Å². The molecule has 18 heavy (non-hydrogen) atoms. The number of pyridine rings is 1. The Morgan fingerprint density at radius 1 is 1.22 bits per heavy atom. The fourth-order valence-corrected chi connectivity index (χ4v) is 1.83. The van der Waals surface area contributed by atoms with E-state index in [1.165, 1.54) is 38.3 Å². The summed E-state index contributed by atoms with van der Waals surface area (Å²) in [6, 6.07) is 5.82. The zero-order valence-electron chi connectivity index (χ0n) is 11.6. The number of hydrogen-bond donors (Lipinski definition) is 1. The lowest BCUT2D eigenvalue weighted by Gasteiger charge is -2.07. The van der Waals surface area contributed by atoms with E-state index in [4.69, 9.17) is 0 Å². The number of nitrogens with one attached hydrogen (secondary N) is 1. The molecular weight excluding hydrogens is 221 g/mol. The topological polar surface area (TPSA) is 37.3 Å². The van der Waals surface area contributed by atoms with Gasteiger partial charge in [0.15, 0.2) is 0 Å². The van der Waals surface area contributed by atoms with Gasteiger partial charge >= 0.3 is 0 Å². The molecule has 1 N–H and O–H groups in total. The molecule has 4 heteroatoms. The van der Waals surface area contributed by atoms with Crippen molar-refractivity contribution in [3.05, 3.63) is 24.4 Å². The second-order valence-electron chi connectivity index (χ2n) is 4.58. The van der Waals surface area contributed by atoms with Crippen LogP contribution in [0, 0.1) is 0 Å². The highest BCUT2D eigenvalue weighted by Crippen LogP contribution is 2.10. The summed E-state index contributed by atoms with van der Waals surface area (Å²) in [6.07, 6.45) is 11.0. The van der Waals surface area contributed by atoms with Gasteiger partial charge in [-0.05, 0) is 12.1 Å². The lowest BCUT2D eigenvalue weighted by Crippen LogP contribution is -2.11. The minimum Gasteiger partial charge on any atom is -0.334 e. The molecule has 0 bridgehead atoms. The first-order valence-electron chi connectivity index (χ1n) is 7.06. The van der Waals surface area contributed by atoms with Crippen LogP contribution in [0.2, 0.25) is 12.6 Å². The van der Waals surface area contributed by atoms with Crippen molar-refractivity contribution in [1.82, 2.24) is 4.98 Å². The van der Waals surface area contributed by atoms with Gasteiger partial charge in [-0.25, -0.2) is 4.98 Å². The fraction of sp³-hybridized carbons (Fsp3) is 0.571. The maximum atomic E-state index is 4.62.